The van der Waals surface area contributed by atoms with Crippen molar-refractivity contribution in [2.45, 2.75) is 36.6 Å². The summed E-state index contributed by atoms with van der Waals surface area (Å²) in [4.78, 5) is 13.0. The highest BCUT2D eigenvalue weighted by molar-refractivity contribution is 7.89. The molecule has 0 heterocycles. The second-order valence-electron chi connectivity index (χ2n) is 7.12. The molecule has 1 fully saturated rings. The van der Waals surface area contributed by atoms with E-state index in [-0.39, 0.29) is 28.2 Å². The standard InChI is InChI=1S/C21H25ClN2O4S/c1-23-29(26,27)19-13-16(9-12-18(19)28-2)21(25)24-20(14-5-3-4-6-14)15-7-10-17(22)11-8-15/h7-14,20,23H,3-6H2,1-2H3,(H,24,25). The summed E-state index contributed by atoms with van der Waals surface area (Å²) in [6.07, 6.45) is 4.35. The number of ether oxygens (including phenoxy) is 1. The largest absolute Gasteiger partial charge is 0.495 e. The van der Waals surface area contributed by atoms with E-state index >= 15 is 0 Å². The van der Waals surface area contributed by atoms with Crippen LogP contribution in [0.4, 0.5) is 0 Å². The zero-order valence-electron chi connectivity index (χ0n) is 16.4. The summed E-state index contributed by atoms with van der Waals surface area (Å²) < 4.78 is 32.0. The van der Waals surface area contributed by atoms with Crippen molar-refractivity contribution in [3.63, 3.8) is 0 Å². The van der Waals surface area contributed by atoms with Crippen LogP contribution in [0, 0.1) is 5.92 Å². The molecule has 0 aliphatic heterocycles. The second-order valence-corrected chi connectivity index (χ2v) is 9.41. The van der Waals surface area contributed by atoms with Crippen molar-refractivity contribution in [3.05, 3.63) is 58.6 Å². The molecule has 2 aromatic carbocycles. The lowest BCUT2D eigenvalue weighted by Crippen LogP contribution is -2.33. The molecule has 0 radical (unpaired) electrons. The van der Waals surface area contributed by atoms with E-state index in [1.165, 1.54) is 26.3 Å². The van der Waals surface area contributed by atoms with E-state index in [0.717, 1.165) is 31.2 Å². The molecule has 29 heavy (non-hydrogen) atoms. The Morgan fingerprint density at radius 2 is 1.79 bits per heavy atom. The molecular weight excluding hydrogens is 412 g/mol. The number of hydrogen-bond acceptors (Lipinski definition) is 4. The van der Waals surface area contributed by atoms with E-state index in [2.05, 4.69) is 10.0 Å². The predicted octanol–water partition coefficient (Wildman–Crippen LogP) is 3.92. The number of rotatable bonds is 7. The van der Waals surface area contributed by atoms with Crippen molar-refractivity contribution in [2.24, 2.45) is 5.92 Å². The molecule has 0 spiro atoms. The lowest BCUT2D eigenvalue weighted by molar-refractivity contribution is 0.0921. The van der Waals surface area contributed by atoms with Crippen molar-refractivity contribution < 1.29 is 17.9 Å². The molecule has 6 nitrogen and oxygen atoms in total. The van der Waals surface area contributed by atoms with Crippen molar-refractivity contribution >= 4 is 27.5 Å². The van der Waals surface area contributed by atoms with Crippen LogP contribution < -0.4 is 14.8 Å². The smallest absolute Gasteiger partial charge is 0.251 e. The van der Waals surface area contributed by atoms with Gasteiger partial charge in [0, 0.05) is 10.6 Å². The van der Waals surface area contributed by atoms with Crippen molar-refractivity contribution in [2.75, 3.05) is 14.2 Å². The van der Waals surface area contributed by atoms with E-state index in [0.29, 0.717) is 10.9 Å². The van der Waals surface area contributed by atoms with E-state index in [1.54, 1.807) is 6.07 Å². The first kappa shape index (κ1) is 21.6. The molecule has 0 aromatic heterocycles. The highest BCUT2D eigenvalue weighted by Crippen LogP contribution is 2.36. The molecule has 0 bridgehead atoms. The Hall–Kier alpha value is -2.09. The molecule has 1 amide bonds. The maximum Gasteiger partial charge on any atom is 0.251 e. The maximum atomic E-state index is 13.0. The van der Waals surface area contributed by atoms with Crippen LogP contribution in [0.5, 0.6) is 5.75 Å². The number of amides is 1. The highest BCUT2D eigenvalue weighted by atomic mass is 35.5. The molecule has 1 atom stereocenters. The van der Waals surface area contributed by atoms with Crippen molar-refractivity contribution in [3.8, 4) is 5.75 Å². The third kappa shape index (κ3) is 4.91. The van der Waals surface area contributed by atoms with Crippen LogP contribution in [0.3, 0.4) is 0 Å². The fourth-order valence-corrected chi connectivity index (χ4v) is 4.84. The fourth-order valence-electron chi connectivity index (χ4n) is 3.80. The van der Waals surface area contributed by atoms with Gasteiger partial charge in [-0.3, -0.25) is 4.79 Å². The summed E-state index contributed by atoms with van der Waals surface area (Å²) in [6, 6.07) is 11.7. The maximum absolute atomic E-state index is 13.0. The van der Waals surface area contributed by atoms with Crippen LogP contribution in [0.15, 0.2) is 47.4 Å². The Kier molecular flexibility index (Phi) is 6.82. The Bertz CT molecular complexity index is 971. The number of hydrogen-bond donors (Lipinski definition) is 2. The Morgan fingerprint density at radius 1 is 1.14 bits per heavy atom. The number of carbonyl (C=O) groups excluding carboxylic acids is 1. The number of nitrogens with one attached hydrogen (secondary N) is 2. The van der Waals surface area contributed by atoms with Crippen LogP contribution >= 0.6 is 11.6 Å². The Labute approximate surface area is 176 Å². The molecule has 2 aromatic rings. The minimum atomic E-state index is -3.77. The Morgan fingerprint density at radius 3 is 2.38 bits per heavy atom. The number of sulfonamides is 1. The molecule has 1 unspecified atom stereocenters. The first-order chi connectivity index (χ1) is 13.9. The predicted molar refractivity (Wildman–Crippen MR) is 113 cm³/mol. The van der Waals surface area contributed by atoms with Gasteiger partial charge in [0.1, 0.15) is 10.6 Å². The van der Waals surface area contributed by atoms with E-state index in [9.17, 15) is 13.2 Å². The van der Waals surface area contributed by atoms with Crippen LogP contribution in [0.2, 0.25) is 5.02 Å². The molecule has 0 saturated heterocycles. The van der Waals surface area contributed by atoms with Gasteiger partial charge < -0.3 is 10.1 Å². The van der Waals surface area contributed by atoms with E-state index < -0.39 is 10.0 Å². The Balaban J connectivity index is 1.91. The minimum absolute atomic E-state index is 0.0703. The van der Waals surface area contributed by atoms with Crippen LogP contribution in [0.25, 0.3) is 0 Å². The molecule has 8 heteroatoms. The lowest BCUT2D eigenvalue weighted by Gasteiger charge is -2.25. The molecule has 1 aliphatic carbocycles. The third-order valence-electron chi connectivity index (χ3n) is 5.37. The number of carbonyl (C=O) groups is 1. The number of benzene rings is 2. The molecule has 3 rings (SSSR count). The van der Waals surface area contributed by atoms with Gasteiger partial charge in [0.25, 0.3) is 5.91 Å². The molecule has 1 saturated carbocycles. The summed E-state index contributed by atoms with van der Waals surface area (Å²) in [5.74, 6) is 0.187. The topological polar surface area (TPSA) is 84.5 Å². The molecule has 156 valence electrons. The average Bonchev–Trinajstić information content (AvgIpc) is 3.26. The van der Waals surface area contributed by atoms with Crippen LogP contribution in [-0.4, -0.2) is 28.5 Å². The summed E-state index contributed by atoms with van der Waals surface area (Å²) >= 11 is 6.02. The van der Waals surface area contributed by atoms with Crippen molar-refractivity contribution in [1.29, 1.82) is 0 Å². The summed E-state index contributed by atoms with van der Waals surface area (Å²) in [6.45, 7) is 0. The van der Waals surface area contributed by atoms with Crippen LogP contribution in [-0.2, 0) is 10.0 Å². The number of halogens is 1. The summed E-state index contributed by atoms with van der Waals surface area (Å²) in [7, 11) is -1.06. The van der Waals surface area contributed by atoms with Gasteiger partial charge in [-0.1, -0.05) is 36.6 Å². The van der Waals surface area contributed by atoms with Gasteiger partial charge in [-0.25, -0.2) is 13.1 Å². The highest BCUT2D eigenvalue weighted by Gasteiger charge is 2.29. The van der Waals surface area contributed by atoms with Gasteiger partial charge in [-0.05, 0) is 61.7 Å². The SMILES string of the molecule is CNS(=O)(=O)c1cc(C(=O)NC(c2ccc(Cl)cc2)C2CCCC2)ccc1OC. The zero-order valence-corrected chi connectivity index (χ0v) is 18.0. The molecular formula is C21H25ClN2O4S. The van der Waals surface area contributed by atoms with E-state index in [1.807, 2.05) is 24.3 Å². The van der Waals surface area contributed by atoms with Gasteiger partial charge in [-0.2, -0.15) is 0 Å². The van der Waals surface area contributed by atoms with Gasteiger partial charge in [0.05, 0.1) is 13.2 Å². The monoisotopic (exact) mass is 436 g/mol. The summed E-state index contributed by atoms with van der Waals surface area (Å²) in [5, 5.41) is 3.75. The normalized spacial score (nSPS) is 15.8. The van der Waals surface area contributed by atoms with E-state index in [4.69, 9.17) is 16.3 Å². The third-order valence-corrected chi connectivity index (χ3v) is 7.06. The van der Waals surface area contributed by atoms with Crippen molar-refractivity contribution in [1.82, 2.24) is 10.0 Å². The molecule has 2 N–H and O–H groups in total. The minimum Gasteiger partial charge on any atom is -0.495 e. The summed E-state index contributed by atoms with van der Waals surface area (Å²) in [5.41, 5.74) is 1.25. The first-order valence-corrected chi connectivity index (χ1v) is 11.4. The average molecular weight is 437 g/mol. The zero-order chi connectivity index (χ0) is 21.0. The molecule has 1 aliphatic rings. The fraction of sp³-hybridized carbons (Fsp3) is 0.381. The second kappa shape index (κ2) is 9.15. The quantitative estimate of drug-likeness (QED) is 0.689. The lowest BCUT2D eigenvalue weighted by atomic mass is 9.91. The van der Waals surface area contributed by atoms with Gasteiger partial charge in [0.2, 0.25) is 10.0 Å². The van der Waals surface area contributed by atoms with Gasteiger partial charge >= 0.3 is 0 Å². The van der Waals surface area contributed by atoms with Gasteiger partial charge in [0.15, 0.2) is 0 Å². The number of methoxy groups -OCH3 is 1. The first-order valence-electron chi connectivity index (χ1n) is 9.53. The van der Waals surface area contributed by atoms with Crippen LogP contribution in [0.1, 0.15) is 47.6 Å². The van der Waals surface area contributed by atoms with Gasteiger partial charge in [-0.15, -0.1) is 0 Å².